The molecule has 1 fully saturated rings. The van der Waals surface area contributed by atoms with Gasteiger partial charge in [0.15, 0.2) is 0 Å². The number of rotatable bonds is 13. The third-order valence-electron chi connectivity index (χ3n) is 7.22. The van der Waals surface area contributed by atoms with Gasteiger partial charge in [-0.15, -0.1) is 0 Å². The Bertz CT molecular complexity index is 1360. The summed E-state index contributed by atoms with van der Waals surface area (Å²) in [5.41, 5.74) is 5.57. The monoisotopic (exact) mass is 539 g/mol. The molecule has 1 saturated heterocycles. The van der Waals surface area contributed by atoms with Crippen molar-refractivity contribution in [3.8, 4) is 22.6 Å². The Hall–Kier alpha value is -4.10. The Kier molecular flexibility index (Phi) is 9.48. The Labute approximate surface area is 236 Å². The van der Waals surface area contributed by atoms with E-state index in [2.05, 4.69) is 80.3 Å². The zero-order chi connectivity index (χ0) is 27.6. The molecule has 7 heteroatoms. The van der Waals surface area contributed by atoms with Crippen molar-refractivity contribution in [3.05, 3.63) is 102 Å². The van der Waals surface area contributed by atoms with Crippen LogP contribution in [0.1, 0.15) is 35.5 Å². The number of benzene rings is 3. The van der Waals surface area contributed by atoms with Crippen LogP contribution in [0, 0.1) is 0 Å². The summed E-state index contributed by atoms with van der Waals surface area (Å²) in [6.45, 7) is 4.62. The number of aromatic amines is 1. The van der Waals surface area contributed by atoms with Gasteiger partial charge < -0.3 is 19.2 Å². The molecule has 0 saturated carbocycles. The molecule has 4 aromatic rings. The maximum Gasteiger partial charge on any atom is 0.311 e. The summed E-state index contributed by atoms with van der Waals surface area (Å²) in [5, 5.41) is 0. The first kappa shape index (κ1) is 27.5. The predicted octanol–water partition coefficient (Wildman–Crippen LogP) is 5.48. The van der Waals surface area contributed by atoms with E-state index in [4.69, 9.17) is 9.47 Å². The summed E-state index contributed by atoms with van der Waals surface area (Å²) in [4.78, 5) is 21.4. The van der Waals surface area contributed by atoms with Crippen molar-refractivity contribution >= 4 is 5.97 Å². The molecule has 0 atom stereocenters. The molecule has 1 aliphatic rings. The zero-order valence-corrected chi connectivity index (χ0v) is 23.1. The lowest BCUT2D eigenvalue weighted by molar-refractivity contribution is -0.139. The van der Waals surface area contributed by atoms with E-state index in [0.717, 1.165) is 42.5 Å². The average molecular weight is 540 g/mol. The molecule has 7 nitrogen and oxygen atoms in total. The van der Waals surface area contributed by atoms with E-state index in [1.54, 1.807) is 6.20 Å². The first-order chi connectivity index (χ1) is 19.7. The number of likely N-dealkylation sites (tertiary alicyclic amines) is 1. The number of ether oxygens (including phenoxy) is 3. The lowest BCUT2D eigenvalue weighted by atomic mass is 9.95. The second-order valence-corrected chi connectivity index (χ2v) is 10.1. The van der Waals surface area contributed by atoms with Crippen LogP contribution in [0.15, 0.2) is 79.0 Å². The van der Waals surface area contributed by atoms with Gasteiger partial charge in [0, 0.05) is 19.2 Å². The quantitative estimate of drug-likeness (QED) is 0.227. The van der Waals surface area contributed by atoms with E-state index in [1.165, 1.54) is 49.7 Å². The van der Waals surface area contributed by atoms with E-state index in [9.17, 15) is 4.79 Å². The van der Waals surface area contributed by atoms with E-state index >= 15 is 0 Å². The van der Waals surface area contributed by atoms with E-state index in [1.807, 2.05) is 12.1 Å². The molecule has 3 aromatic carbocycles. The van der Waals surface area contributed by atoms with Crippen molar-refractivity contribution in [2.24, 2.45) is 0 Å². The largest absolute Gasteiger partial charge is 0.493 e. The van der Waals surface area contributed by atoms with Gasteiger partial charge in [-0.2, -0.15) is 0 Å². The molecule has 2 heterocycles. The molecule has 1 N–H and O–H groups in total. The van der Waals surface area contributed by atoms with E-state index in [-0.39, 0.29) is 12.4 Å². The fourth-order valence-electron chi connectivity index (χ4n) is 5.02. The topological polar surface area (TPSA) is 76.7 Å². The average Bonchev–Trinajstić information content (AvgIpc) is 3.67. The lowest BCUT2D eigenvalue weighted by Gasteiger charge is -2.15. The molecular formula is C33H37N3O4. The van der Waals surface area contributed by atoms with Gasteiger partial charge in [-0.25, -0.2) is 4.98 Å². The van der Waals surface area contributed by atoms with Gasteiger partial charge in [-0.1, -0.05) is 48.5 Å². The number of nitrogens with zero attached hydrogens (tertiary/aromatic N) is 2. The van der Waals surface area contributed by atoms with Crippen LogP contribution in [-0.2, 0) is 28.8 Å². The van der Waals surface area contributed by atoms with Gasteiger partial charge in [0.25, 0.3) is 0 Å². The molecule has 0 unspecified atom stereocenters. The number of imidazole rings is 1. The first-order valence-electron chi connectivity index (χ1n) is 14.0. The normalized spacial score (nSPS) is 13.3. The fourth-order valence-corrected chi connectivity index (χ4v) is 5.02. The van der Waals surface area contributed by atoms with Crippen LogP contribution in [0.5, 0.6) is 11.5 Å². The number of esters is 1. The number of carbonyl (C=O) groups is 1. The number of H-pyrrole nitrogens is 1. The summed E-state index contributed by atoms with van der Waals surface area (Å²) < 4.78 is 16.6. The first-order valence-corrected chi connectivity index (χ1v) is 14.0. The van der Waals surface area contributed by atoms with Gasteiger partial charge >= 0.3 is 5.97 Å². The lowest BCUT2D eigenvalue weighted by Crippen LogP contribution is -2.25. The Morgan fingerprint density at radius 1 is 0.900 bits per heavy atom. The Balaban J connectivity index is 1.13. The smallest absolute Gasteiger partial charge is 0.311 e. The molecule has 0 bridgehead atoms. The van der Waals surface area contributed by atoms with Crippen LogP contribution in [0.25, 0.3) is 11.1 Å². The highest BCUT2D eigenvalue weighted by atomic mass is 16.5. The van der Waals surface area contributed by atoms with Crippen molar-refractivity contribution < 1.29 is 19.0 Å². The highest BCUT2D eigenvalue weighted by Gasteiger charge is 2.11. The molecule has 5 rings (SSSR count). The van der Waals surface area contributed by atoms with Crippen LogP contribution in [0.2, 0.25) is 0 Å². The van der Waals surface area contributed by atoms with Crippen molar-refractivity contribution in [2.45, 2.75) is 32.1 Å². The number of aromatic nitrogens is 2. The standard InChI is InChI=1S/C33H37N3O4/c1-38-33(37)23-28-24-34-32(35-28)16-20-39-30-14-10-26(11-15-30)31-7-3-2-6-27(31)22-25-8-12-29(13-9-25)40-21-19-36-17-4-5-18-36/h2-3,6-15,24H,4-5,16-23H2,1H3,(H,34,35). The highest BCUT2D eigenvalue weighted by molar-refractivity contribution is 5.71. The maximum atomic E-state index is 11.4. The molecule has 40 heavy (non-hydrogen) atoms. The third-order valence-corrected chi connectivity index (χ3v) is 7.22. The number of carbonyl (C=O) groups excluding carboxylic acids is 1. The molecule has 0 aliphatic carbocycles. The summed E-state index contributed by atoms with van der Waals surface area (Å²) in [6.07, 6.45) is 5.98. The minimum Gasteiger partial charge on any atom is -0.493 e. The molecule has 1 aliphatic heterocycles. The number of methoxy groups -OCH3 is 1. The van der Waals surface area contributed by atoms with Crippen LogP contribution < -0.4 is 9.47 Å². The van der Waals surface area contributed by atoms with Crippen molar-refractivity contribution in [1.29, 1.82) is 0 Å². The summed E-state index contributed by atoms with van der Waals surface area (Å²) in [6, 6.07) is 25.2. The minimum atomic E-state index is -0.304. The summed E-state index contributed by atoms with van der Waals surface area (Å²) in [7, 11) is 1.37. The number of nitrogens with one attached hydrogen (secondary N) is 1. The summed E-state index contributed by atoms with van der Waals surface area (Å²) >= 11 is 0. The number of hydrogen-bond donors (Lipinski definition) is 1. The molecule has 0 radical (unpaired) electrons. The maximum absolute atomic E-state index is 11.4. The molecule has 0 spiro atoms. The molecule has 1 aromatic heterocycles. The van der Waals surface area contributed by atoms with Gasteiger partial charge in [0.05, 0.1) is 25.8 Å². The second-order valence-electron chi connectivity index (χ2n) is 10.1. The van der Waals surface area contributed by atoms with Crippen molar-refractivity contribution in [1.82, 2.24) is 14.9 Å². The van der Waals surface area contributed by atoms with Gasteiger partial charge in [-0.05, 0) is 78.9 Å². The van der Waals surface area contributed by atoms with Gasteiger partial charge in [0.1, 0.15) is 23.9 Å². The van der Waals surface area contributed by atoms with Gasteiger partial charge in [0.2, 0.25) is 0 Å². The second kappa shape index (κ2) is 13.8. The van der Waals surface area contributed by atoms with Crippen LogP contribution in [0.4, 0.5) is 0 Å². The Morgan fingerprint density at radius 2 is 1.60 bits per heavy atom. The van der Waals surface area contributed by atoms with Crippen LogP contribution in [0.3, 0.4) is 0 Å². The minimum absolute atomic E-state index is 0.162. The molecular weight excluding hydrogens is 502 g/mol. The van der Waals surface area contributed by atoms with Crippen molar-refractivity contribution in [2.75, 3.05) is 40.0 Å². The van der Waals surface area contributed by atoms with E-state index in [0.29, 0.717) is 18.7 Å². The summed E-state index contributed by atoms with van der Waals surface area (Å²) in [5.74, 6) is 2.22. The van der Waals surface area contributed by atoms with Crippen LogP contribution >= 0.6 is 0 Å². The fraction of sp³-hybridized carbons (Fsp3) is 0.333. The Morgan fingerprint density at radius 3 is 2.35 bits per heavy atom. The van der Waals surface area contributed by atoms with Crippen LogP contribution in [-0.4, -0.2) is 60.8 Å². The molecule has 208 valence electrons. The third kappa shape index (κ3) is 7.73. The molecule has 0 amide bonds. The van der Waals surface area contributed by atoms with E-state index < -0.39 is 0 Å². The zero-order valence-electron chi connectivity index (χ0n) is 23.1. The number of hydrogen-bond acceptors (Lipinski definition) is 6. The highest BCUT2D eigenvalue weighted by Crippen LogP contribution is 2.28. The SMILES string of the molecule is COC(=O)Cc1c[nH]c(CCOc2ccc(-c3ccccc3Cc3ccc(OCCN4CCCC4)cc3)cc2)n1. The van der Waals surface area contributed by atoms with Gasteiger partial charge in [-0.3, -0.25) is 9.69 Å². The predicted molar refractivity (Wildman–Crippen MR) is 156 cm³/mol. The van der Waals surface area contributed by atoms with Crippen molar-refractivity contribution in [3.63, 3.8) is 0 Å².